The van der Waals surface area contributed by atoms with Crippen LogP contribution in [-0.4, -0.2) is 4.57 Å². The van der Waals surface area contributed by atoms with Crippen molar-refractivity contribution in [3.63, 3.8) is 0 Å². The van der Waals surface area contributed by atoms with E-state index >= 15 is 0 Å². The number of imidazole rings is 1. The summed E-state index contributed by atoms with van der Waals surface area (Å²) in [6, 6.07) is 0. The number of unbranched alkanes of at least 4 members (excludes halogenated alkanes) is 1. The topological polar surface area (TPSA) is 8.81 Å². The van der Waals surface area contributed by atoms with Crippen LogP contribution in [0.4, 0.5) is 0 Å². The molecule has 1 rings (SSSR count). The predicted octanol–water partition coefficient (Wildman–Crippen LogP) is -1.79. The van der Waals surface area contributed by atoms with E-state index < -0.39 is 0 Å². The van der Waals surface area contributed by atoms with E-state index in [0.717, 1.165) is 6.54 Å². The molecule has 0 aliphatic rings. The molecule has 0 amide bonds. The lowest BCUT2D eigenvalue weighted by Gasteiger charge is -1.91. The maximum absolute atomic E-state index is 5.19. The van der Waals surface area contributed by atoms with E-state index in [9.17, 15) is 0 Å². The lowest BCUT2D eigenvalue weighted by atomic mass is 10.3. The second-order valence-electron chi connectivity index (χ2n) is 2.88. The Morgan fingerprint density at radius 2 is 2.31 bits per heavy atom. The molecular formula is C10H15BrN2. The Bertz CT molecular complexity index is 273. The maximum atomic E-state index is 5.19. The van der Waals surface area contributed by atoms with Gasteiger partial charge in [-0.2, -0.15) is 0 Å². The highest BCUT2D eigenvalue weighted by atomic mass is 79.9. The largest absolute Gasteiger partial charge is 1.00 e. The van der Waals surface area contributed by atoms with Crippen LogP contribution in [0.25, 0.3) is 0 Å². The first-order valence-electron chi connectivity index (χ1n) is 4.35. The van der Waals surface area contributed by atoms with Crippen molar-refractivity contribution in [1.82, 2.24) is 4.57 Å². The Morgan fingerprint density at radius 1 is 1.54 bits per heavy atom. The van der Waals surface area contributed by atoms with Crippen LogP contribution >= 0.6 is 0 Å². The second kappa shape index (κ2) is 6.73. The van der Waals surface area contributed by atoms with Gasteiger partial charge in [-0.05, 0) is 6.42 Å². The van der Waals surface area contributed by atoms with Crippen LogP contribution in [-0.2, 0) is 13.1 Å². The number of terminal acetylenes is 1. The number of nitrogens with zero attached hydrogens (tertiary/aromatic N) is 2. The van der Waals surface area contributed by atoms with E-state index in [2.05, 4.69) is 29.9 Å². The molecular weight excluding hydrogens is 228 g/mol. The highest BCUT2D eigenvalue weighted by Gasteiger charge is 1.99. The number of aryl methyl sites for hydroxylation is 1. The summed E-state index contributed by atoms with van der Waals surface area (Å²) < 4.78 is 4.18. The molecule has 0 aromatic carbocycles. The van der Waals surface area contributed by atoms with Crippen molar-refractivity contribution < 1.29 is 21.5 Å². The van der Waals surface area contributed by atoms with Gasteiger partial charge in [0.05, 0.1) is 6.54 Å². The van der Waals surface area contributed by atoms with Crippen LogP contribution in [0.3, 0.4) is 0 Å². The van der Waals surface area contributed by atoms with Gasteiger partial charge in [-0.1, -0.05) is 19.3 Å². The van der Waals surface area contributed by atoms with Gasteiger partial charge in [0.1, 0.15) is 12.4 Å². The molecule has 0 aliphatic carbocycles. The molecule has 0 spiro atoms. The Labute approximate surface area is 90.3 Å². The molecule has 0 unspecified atom stereocenters. The average Bonchev–Trinajstić information content (AvgIpc) is 2.50. The first-order valence-corrected chi connectivity index (χ1v) is 4.35. The third kappa shape index (κ3) is 4.14. The molecule has 0 saturated heterocycles. The Morgan fingerprint density at radius 3 is 2.92 bits per heavy atom. The molecule has 13 heavy (non-hydrogen) atoms. The Kier molecular flexibility index (Phi) is 6.34. The van der Waals surface area contributed by atoms with E-state index in [0.29, 0.717) is 6.54 Å². The summed E-state index contributed by atoms with van der Waals surface area (Å²) in [7, 11) is 0. The molecule has 0 saturated carbocycles. The van der Waals surface area contributed by atoms with Gasteiger partial charge in [-0.15, -0.1) is 6.42 Å². The summed E-state index contributed by atoms with van der Waals surface area (Å²) in [5.41, 5.74) is 0. The zero-order chi connectivity index (χ0) is 8.81. The van der Waals surface area contributed by atoms with E-state index in [-0.39, 0.29) is 17.0 Å². The van der Waals surface area contributed by atoms with Gasteiger partial charge in [0, 0.05) is 0 Å². The molecule has 72 valence electrons. The number of aromatic nitrogens is 2. The third-order valence-corrected chi connectivity index (χ3v) is 1.79. The van der Waals surface area contributed by atoms with Crippen molar-refractivity contribution in [3.8, 4) is 12.3 Å². The van der Waals surface area contributed by atoms with Crippen molar-refractivity contribution in [1.29, 1.82) is 0 Å². The molecule has 0 radical (unpaired) electrons. The minimum absolute atomic E-state index is 0. The maximum Gasteiger partial charge on any atom is 0.244 e. The van der Waals surface area contributed by atoms with Gasteiger partial charge in [0.25, 0.3) is 0 Å². The van der Waals surface area contributed by atoms with Crippen molar-refractivity contribution >= 4 is 0 Å². The smallest absolute Gasteiger partial charge is 0.244 e. The predicted molar refractivity (Wildman–Crippen MR) is 48.4 cm³/mol. The SMILES string of the molecule is C#CCn1cc[n+](CCCC)c1.[Br-]. The Balaban J connectivity index is 0.00000144. The van der Waals surface area contributed by atoms with Crippen molar-refractivity contribution in [2.45, 2.75) is 32.9 Å². The molecule has 0 N–H and O–H groups in total. The van der Waals surface area contributed by atoms with Crippen molar-refractivity contribution in [2.75, 3.05) is 0 Å². The summed E-state index contributed by atoms with van der Waals surface area (Å²) in [5.74, 6) is 2.60. The van der Waals surface area contributed by atoms with Crippen molar-refractivity contribution in [2.24, 2.45) is 0 Å². The number of halogens is 1. The quantitative estimate of drug-likeness (QED) is 0.436. The molecule has 2 nitrogen and oxygen atoms in total. The van der Waals surface area contributed by atoms with E-state index in [4.69, 9.17) is 6.42 Å². The van der Waals surface area contributed by atoms with E-state index in [1.165, 1.54) is 12.8 Å². The molecule has 0 bridgehead atoms. The van der Waals surface area contributed by atoms with Crippen LogP contribution in [0.2, 0.25) is 0 Å². The summed E-state index contributed by atoms with van der Waals surface area (Å²) in [6.07, 6.45) is 13.8. The van der Waals surface area contributed by atoms with Gasteiger partial charge in [-0.25, -0.2) is 9.13 Å². The highest BCUT2D eigenvalue weighted by Crippen LogP contribution is 1.87. The summed E-state index contributed by atoms with van der Waals surface area (Å²) in [6.45, 7) is 3.95. The normalized spacial score (nSPS) is 8.92. The molecule has 1 aromatic heterocycles. The first kappa shape index (κ1) is 12.2. The molecule has 1 heterocycles. The fraction of sp³-hybridized carbons (Fsp3) is 0.500. The fourth-order valence-corrected chi connectivity index (χ4v) is 1.11. The zero-order valence-electron chi connectivity index (χ0n) is 7.91. The molecule has 0 fully saturated rings. The summed E-state index contributed by atoms with van der Waals surface area (Å²) >= 11 is 0. The standard InChI is InChI=1S/C10H15N2.BrH/c1-3-5-7-12-9-8-11(10-12)6-4-2;/h2,8-10H,3,5-7H2,1H3;1H/q+1;/p-1. The van der Waals surface area contributed by atoms with Gasteiger partial charge >= 0.3 is 0 Å². The van der Waals surface area contributed by atoms with Crippen LogP contribution in [0.5, 0.6) is 0 Å². The molecule has 3 heteroatoms. The minimum atomic E-state index is 0. The highest BCUT2D eigenvalue weighted by molar-refractivity contribution is 4.85. The first-order chi connectivity index (χ1) is 5.86. The summed E-state index contributed by atoms with van der Waals surface area (Å²) in [5, 5.41) is 0. The number of hydrogen-bond donors (Lipinski definition) is 0. The van der Waals surface area contributed by atoms with Crippen LogP contribution in [0, 0.1) is 12.3 Å². The van der Waals surface area contributed by atoms with Gasteiger partial charge in [-0.3, -0.25) is 0 Å². The lowest BCUT2D eigenvalue weighted by molar-refractivity contribution is -0.696. The van der Waals surface area contributed by atoms with Gasteiger partial charge in [0.2, 0.25) is 6.33 Å². The van der Waals surface area contributed by atoms with Gasteiger partial charge < -0.3 is 17.0 Å². The average molecular weight is 243 g/mol. The minimum Gasteiger partial charge on any atom is -1.00 e. The fourth-order valence-electron chi connectivity index (χ4n) is 1.11. The zero-order valence-corrected chi connectivity index (χ0v) is 9.50. The van der Waals surface area contributed by atoms with Crippen LogP contribution in [0.15, 0.2) is 18.7 Å². The third-order valence-electron chi connectivity index (χ3n) is 1.79. The number of hydrogen-bond acceptors (Lipinski definition) is 0. The van der Waals surface area contributed by atoms with Crippen molar-refractivity contribution in [3.05, 3.63) is 18.7 Å². The van der Waals surface area contributed by atoms with E-state index in [1.54, 1.807) is 0 Å². The summed E-state index contributed by atoms with van der Waals surface area (Å²) in [4.78, 5) is 0. The van der Waals surface area contributed by atoms with Crippen LogP contribution in [0.1, 0.15) is 19.8 Å². The monoisotopic (exact) mass is 242 g/mol. The molecule has 0 aliphatic heterocycles. The Hall–Kier alpha value is -0.750. The second-order valence-corrected chi connectivity index (χ2v) is 2.88. The lowest BCUT2D eigenvalue weighted by Crippen LogP contribution is -3.00. The number of rotatable bonds is 4. The van der Waals surface area contributed by atoms with E-state index in [1.807, 2.05) is 10.8 Å². The molecule has 0 atom stereocenters. The van der Waals surface area contributed by atoms with Gasteiger partial charge in [0.15, 0.2) is 6.54 Å². The molecule has 1 aromatic rings. The van der Waals surface area contributed by atoms with Crippen LogP contribution < -0.4 is 21.5 Å².